The summed E-state index contributed by atoms with van der Waals surface area (Å²) >= 11 is 0. The van der Waals surface area contributed by atoms with Crippen LogP contribution in [0.4, 0.5) is 0 Å². The van der Waals surface area contributed by atoms with Crippen LogP contribution in [-0.2, 0) is 13.0 Å². The summed E-state index contributed by atoms with van der Waals surface area (Å²) in [6.45, 7) is 0.616. The SMILES string of the molecule is N/C(=C\Cc1ccc(-n2c3ccccc3c3cc(-c4ccc5c(c4)c4ccccc4n5-c4ccccc4)ccc32)cc1)c1ccccc1.NCc1ccc2ccccc2c1. The maximum Gasteiger partial charge on any atom is 0.0541 e. The van der Waals surface area contributed by atoms with Crippen LogP contribution in [0.3, 0.4) is 0 Å². The zero-order valence-corrected chi connectivity index (χ0v) is 33.2. The molecule has 2 heterocycles. The van der Waals surface area contributed by atoms with Crippen LogP contribution in [0.5, 0.6) is 0 Å². The fourth-order valence-electron chi connectivity index (χ4n) is 8.56. The van der Waals surface area contributed by atoms with Gasteiger partial charge in [0.2, 0.25) is 0 Å². The first kappa shape index (κ1) is 36.7. The van der Waals surface area contributed by atoms with E-state index in [1.165, 1.54) is 82.3 Å². The molecular weight excluding hydrogens is 729 g/mol. The number of hydrogen-bond donors (Lipinski definition) is 2. The molecule has 0 unspecified atom stereocenters. The van der Waals surface area contributed by atoms with Crippen molar-refractivity contribution in [2.75, 3.05) is 0 Å². The Bertz CT molecular complexity index is 3320. The minimum absolute atomic E-state index is 0.616. The van der Waals surface area contributed by atoms with Crippen molar-refractivity contribution in [2.24, 2.45) is 11.5 Å². The first-order valence-corrected chi connectivity index (χ1v) is 20.5. The number of aromatic nitrogens is 2. The first-order chi connectivity index (χ1) is 29.6. The van der Waals surface area contributed by atoms with Gasteiger partial charge < -0.3 is 20.6 Å². The summed E-state index contributed by atoms with van der Waals surface area (Å²) in [7, 11) is 0. The molecule has 0 aliphatic heterocycles. The van der Waals surface area contributed by atoms with E-state index < -0.39 is 0 Å². The number of nitrogens with two attached hydrogens (primary N) is 2. The van der Waals surface area contributed by atoms with Crippen LogP contribution in [0.1, 0.15) is 16.7 Å². The zero-order valence-electron chi connectivity index (χ0n) is 33.2. The molecule has 0 spiro atoms. The fraction of sp³-hybridized carbons (Fsp3) is 0.0357. The normalized spacial score (nSPS) is 11.7. The Hall–Kier alpha value is -7.66. The van der Waals surface area contributed by atoms with Gasteiger partial charge in [-0.2, -0.15) is 0 Å². The molecule has 0 fully saturated rings. The van der Waals surface area contributed by atoms with Gasteiger partial charge in [-0.05, 0) is 112 Å². The van der Waals surface area contributed by atoms with Crippen molar-refractivity contribution in [3.63, 3.8) is 0 Å². The molecule has 4 nitrogen and oxygen atoms in total. The van der Waals surface area contributed by atoms with E-state index in [-0.39, 0.29) is 0 Å². The molecule has 0 amide bonds. The number of hydrogen-bond acceptors (Lipinski definition) is 2. The number of fused-ring (bicyclic) bond motifs is 7. The molecule has 0 radical (unpaired) electrons. The quantitative estimate of drug-likeness (QED) is 0.169. The molecule has 11 rings (SSSR count). The Labute approximate surface area is 349 Å². The lowest BCUT2D eigenvalue weighted by atomic mass is 10.0. The minimum atomic E-state index is 0.616. The predicted octanol–water partition coefficient (Wildman–Crippen LogP) is 13.4. The fourth-order valence-corrected chi connectivity index (χ4v) is 8.56. The highest BCUT2D eigenvalue weighted by atomic mass is 15.0. The van der Waals surface area contributed by atoms with Gasteiger partial charge in [0, 0.05) is 45.2 Å². The summed E-state index contributed by atoms with van der Waals surface area (Å²) in [4.78, 5) is 0. The third-order valence-electron chi connectivity index (χ3n) is 11.6. The van der Waals surface area contributed by atoms with Crippen LogP contribution in [-0.4, -0.2) is 9.13 Å². The highest BCUT2D eigenvalue weighted by Crippen LogP contribution is 2.38. The zero-order chi connectivity index (χ0) is 40.4. The van der Waals surface area contributed by atoms with E-state index in [2.05, 4.69) is 185 Å². The van der Waals surface area contributed by atoms with Gasteiger partial charge in [0.15, 0.2) is 0 Å². The Kier molecular flexibility index (Phi) is 9.74. The van der Waals surface area contributed by atoms with E-state index in [9.17, 15) is 0 Å². The van der Waals surface area contributed by atoms with Crippen molar-refractivity contribution >= 4 is 60.1 Å². The molecule has 0 saturated heterocycles. The van der Waals surface area contributed by atoms with Gasteiger partial charge in [-0.1, -0.05) is 152 Å². The second-order valence-corrected chi connectivity index (χ2v) is 15.3. The van der Waals surface area contributed by atoms with Gasteiger partial charge in [0.1, 0.15) is 0 Å². The molecule has 288 valence electrons. The summed E-state index contributed by atoms with van der Waals surface area (Å²) in [5.41, 5.74) is 25.7. The van der Waals surface area contributed by atoms with Crippen LogP contribution in [0.15, 0.2) is 218 Å². The van der Waals surface area contributed by atoms with Crippen molar-refractivity contribution in [2.45, 2.75) is 13.0 Å². The van der Waals surface area contributed by atoms with Crippen LogP contribution in [0.25, 0.3) is 82.6 Å². The van der Waals surface area contributed by atoms with Crippen molar-refractivity contribution in [1.82, 2.24) is 9.13 Å². The van der Waals surface area contributed by atoms with Gasteiger partial charge in [-0.25, -0.2) is 0 Å². The molecule has 4 heteroatoms. The molecule has 11 aromatic rings. The van der Waals surface area contributed by atoms with Crippen LogP contribution in [0, 0.1) is 0 Å². The highest BCUT2D eigenvalue weighted by molar-refractivity contribution is 6.12. The van der Waals surface area contributed by atoms with E-state index in [0.29, 0.717) is 6.54 Å². The molecule has 0 aliphatic carbocycles. The van der Waals surface area contributed by atoms with Crippen molar-refractivity contribution in [1.29, 1.82) is 0 Å². The smallest absolute Gasteiger partial charge is 0.0541 e. The summed E-state index contributed by atoms with van der Waals surface area (Å²) in [6, 6.07) is 75.5. The lowest BCUT2D eigenvalue weighted by Gasteiger charge is -2.10. The largest absolute Gasteiger partial charge is 0.398 e. The van der Waals surface area contributed by atoms with Gasteiger partial charge in [-0.15, -0.1) is 0 Å². The van der Waals surface area contributed by atoms with Crippen molar-refractivity contribution < 1.29 is 0 Å². The van der Waals surface area contributed by atoms with Gasteiger partial charge in [0.25, 0.3) is 0 Å². The molecule has 60 heavy (non-hydrogen) atoms. The van der Waals surface area contributed by atoms with E-state index >= 15 is 0 Å². The van der Waals surface area contributed by atoms with E-state index in [4.69, 9.17) is 11.5 Å². The van der Waals surface area contributed by atoms with Crippen molar-refractivity contribution in [3.05, 3.63) is 235 Å². The standard InChI is InChI=1S/C45H33N3.C11H11N/c46-41(32-11-3-1-4-12-32)26-21-31-19-24-36(25-20-31)48-43-18-10-8-16-38(43)40-30-34(23-28-45(40)48)33-22-27-44-39(29-33)37-15-7-9-17-42(37)47(44)35-13-5-2-6-14-35;12-8-9-5-6-10-3-1-2-4-11(10)7-9/h1-20,22-30H,21,46H2;1-7H,8,12H2/b41-26-;. The summed E-state index contributed by atoms with van der Waals surface area (Å²) < 4.78 is 4.74. The van der Waals surface area contributed by atoms with Gasteiger partial charge in [0.05, 0.1) is 22.1 Å². The number of benzene rings is 9. The van der Waals surface area contributed by atoms with Gasteiger partial charge in [-0.3, -0.25) is 0 Å². The monoisotopic (exact) mass is 772 g/mol. The predicted molar refractivity (Wildman–Crippen MR) is 255 cm³/mol. The highest BCUT2D eigenvalue weighted by Gasteiger charge is 2.16. The third kappa shape index (κ3) is 6.89. The molecule has 4 N–H and O–H groups in total. The van der Waals surface area contributed by atoms with Crippen LogP contribution >= 0.6 is 0 Å². The second kappa shape index (κ2) is 15.9. The number of allylic oxidation sites excluding steroid dienone is 1. The third-order valence-corrected chi connectivity index (χ3v) is 11.6. The van der Waals surface area contributed by atoms with Gasteiger partial charge >= 0.3 is 0 Å². The Morgan fingerprint density at radius 3 is 1.48 bits per heavy atom. The second-order valence-electron chi connectivity index (χ2n) is 15.3. The molecule has 0 atom stereocenters. The Morgan fingerprint density at radius 1 is 0.400 bits per heavy atom. The molecule has 2 aromatic heterocycles. The summed E-state index contributed by atoms with van der Waals surface area (Å²) in [5.74, 6) is 0. The van der Waals surface area contributed by atoms with E-state index in [1.54, 1.807) is 0 Å². The summed E-state index contributed by atoms with van der Waals surface area (Å²) in [6.07, 6.45) is 2.88. The molecule has 9 aromatic carbocycles. The van der Waals surface area contributed by atoms with Crippen molar-refractivity contribution in [3.8, 4) is 22.5 Å². The number of nitrogens with zero attached hydrogens (tertiary/aromatic N) is 2. The van der Waals surface area contributed by atoms with Crippen LogP contribution in [0.2, 0.25) is 0 Å². The average Bonchev–Trinajstić information content (AvgIpc) is 3.84. The van der Waals surface area contributed by atoms with E-state index in [1.807, 2.05) is 42.5 Å². The lowest BCUT2D eigenvalue weighted by Crippen LogP contribution is -1.97. The maximum atomic E-state index is 6.36. The first-order valence-electron chi connectivity index (χ1n) is 20.5. The Morgan fingerprint density at radius 2 is 0.883 bits per heavy atom. The summed E-state index contributed by atoms with van der Waals surface area (Å²) in [5, 5.41) is 7.55. The number of para-hydroxylation sites is 3. The average molecular weight is 773 g/mol. The minimum Gasteiger partial charge on any atom is -0.398 e. The van der Waals surface area contributed by atoms with Crippen LogP contribution < -0.4 is 11.5 Å². The van der Waals surface area contributed by atoms with E-state index in [0.717, 1.165) is 23.4 Å². The maximum absolute atomic E-state index is 6.36. The Balaban J connectivity index is 0.000000310. The lowest BCUT2D eigenvalue weighted by molar-refractivity contribution is 1.08. The number of rotatable bonds is 7. The molecular formula is C56H44N4. The molecule has 0 bridgehead atoms. The topological polar surface area (TPSA) is 61.9 Å². The molecule has 0 saturated carbocycles. The molecule has 0 aliphatic rings.